The van der Waals surface area contributed by atoms with Crippen molar-refractivity contribution in [3.63, 3.8) is 0 Å². The number of carbonyl (C=O) groups is 4. The minimum atomic E-state index is -0.712. The molecule has 0 amide bonds. The van der Waals surface area contributed by atoms with Crippen LogP contribution in [0.4, 0.5) is 0 Å². The van der Waals surface area contributed by atoms with Gasteiger partial charge in [0.05, 0.1) is 0 Å². The first-order chi connectivity index (χ1) is 6.56. The lowest BCUT2D eigenvalue weighted by atomic mass is 10.2. The average Bonchev–Trinajstić information content (AvgIpc) is 2.02. The summed E-state index contributed by atoms with van der Waals surface area (Å²) in [6, 6.07) is 0. The van der Waals surface area contributed by atoms with E-state index in [4.69, 9.17) is 0 Å². The number of ether oxygens (including phenoxy) is 2. The number of hydrogen-bond acceptors (Lipinski definition) is 6. The van der Waals surface area contributed by atoms with Gasteiger partial charge >= 0.3 is 24.4 Å². The molecule has 0 spiro atoms. The van der Waals surface area contributed by atoms with Crippen molar-refractivity contribution >= 4 is 24.4 Å². The Bertz CT molecular complexity index is 244. The second-order valence-corrected chi connectivity index (χ2v) is 2.41. The highest BCUT2D eigenvalue weighted by Gasteiger charge is 2.08. The topological polar surface area (TPSA) is 86.7 Å². The maximum absolute atomic E-state index is 10.7. The Labute approximate surface area is 80.2 Å². The molecule has 0 atom stereocenters. The lowest BCUT2D eigenvalue weighted by molar-refractivity contribution is -0.158. The second kappa shape index (κ2) is 6.76. The molecule has 6 heteroatoms. The predicted molar refractivity (Wildman–Crippen MR) is 42.8 cm³/mol. The Morgan fingerprint density at radius 2 is 1.71 bits per heavy atom. The average molecular weight is 202 g/mol. The fourth-order valence-corrected chi connectivity index (χ4v) is 0.701. The van der Waals surface area contributed by atoms with Crippen LogP contribution in [-0.4, -0.2) is 24.4 Å². The standard InChI is InChI=1S/C8H10O6/c1-6(10)14-8(12)4-2-3-7(11)13-5-9/h5H,2-4H2,1H3. The molecule has 0 aliphatic heterocycles. The third kappa shape index (κ3) is 6.96. The molecule has 0 aromatic rings. The van der Waals surface area contributed by atoms with Crippen LogP contribution in [0.3, 0.4) is 0 Å². The van der Waals surface area contributed by atoms with Crippen molar-refractivity contribution in [1.82, 2.24) is 0 Å². The molecule has 0 aromatic carbocycles. The SMILES string of the molecule is CC(=O)OC(=O)CCCC(=O)OC=O. The lowest BCUT2D eigenvalue weighted by Crippen LogP contribution is -2.10. The molecule has 0 heterocycles. The largest absolute Gasteiger partial charge is 0.395 e. The molecule has 0 aromatic heterocycles. The molecule has 0 rings (SSSR count). The molecule has 0 radical (unpaired) electrons. The van der Waals surface area contributed by atoms with Gasteiger partial charge in [-0.1, -0.05) is 0 Å². The summed E-state index contributed by atoms with van der Waals surface area (Å²) in [5, 5.41) is 0. The van der Waals surface area contributed by atoms with Gasteiger partial charge in [0.1, 0.15) is 0 Å². The van der Waals surface area contributed by atoms with E-state index in [1.807, 2.05) is 0 Å². The summed E-state index contributed by atoms with van der Waals surface area (Å²) in [6.07, 6.45) is 0.0536. The van der Waals surface area contributed by atoms with Crippen LogP contribution >= 0.6 is 0 Å². The maximum atomic E-state index is 10.7. The van der Waals surface area contributed by atoms with E-state index in [-0.39, 0.29) is 25.7 Å². The molecular formula is C8H10O6. The molecule has 0 aliphatic rings. The highest BCUT2D eigenvalue weighted by molar-refractivity contribution is 5.84. The summed E-state index contributed by atoms with van der Waals surface area (Å²) < 4.78 is 8.16. The first-order valence-corrected chi connectivity index (χ1v) is 3.90. The fraction of sp³-hybridized carbons (Fsp3) is 0.500. The number of hydrogen-bond donors (Lipinski definition) is 0. The van der Waals surface area contributed by atoms with Crippen molar-refractivity contribution in [2.75, 3.05) is 0 Å². The van der Waals surface area contributed by atoms with Crippen molar-refractivity contribution in [2.24, 2.45) is 0 Å². The highest BCUT2D eigenvalue weighted by Crippen LogP contribution is 1.99. The Morgan fingerprint density at radius 3 is 2.21 bits per heavy atom. The van der Waals surface area contributed by atoms with Crippen molar-refractivity contribution in [3.05, 3.63) is 0 Å². The number of esters is 3. The fourth-order valence-electron chi connectivity index (χ4n) is 0.701. The van der Waals surface area contributed by atoms with E-state index in [1.54, 1.807) is 0 Å². The van der Waals surface area contributed by atoms with E-state index in [9.17, 15) is 19.2 Å². The van der Waals surface area contributed by atoms with Gasteiger partial charge in [-0.3, -0.25) is 19.2 Å². The summed E-state index contributed by atoms with van der Waals surface area (Å²) in [5.74, 6) is -2.10. The van der Waals surface area contributed by atoms with Crippen LogP contribution < -0.4 is 0 Å². The van der Waals surface area contributed by atoms with Crippen LogP contribution in [0, 0.1) is 0 Å². The summed E-state index contributed by atoms with van der Waals surface area (Å²) in [5.41, 5.74) is 0. The second-order valence-electron chi connectivity index (χ2n) is 2.41. The zero-order chi connectivity index (χ0) is 11.0. The van der Waals surface area contributed by atoms with Gasteiger partial charge in [-0.15, -0.1) is 0 Å². The molecular weight excluding hydrogens is 192 g/mol. The Hall–Kier alpha value is -1.72. The normalized spacial score (nSPS) is 8.93. The molecule has 0 fully saturated rings. The first kappa shape index (κ1) is 12.3. The molecule has 0 saturated carbocycles. The van der Waals surface area contributed by atoms with E-state index in [0.29, 0.717) is 0 Å². The molecule has 0 saturated heterocycles. The van der Waals surface area contributed by atoms with E-state index >= 15 is 0 Å². The summed E-state index contributed by atoms with van der Waals surface area (Å²) in [4.78, 5) is 41.3. The Kier molecular flexibility index (Phi) is 5.93. The molecule has 0 aliphatic carbocycles. The zero-order valence-corrected chi connectivity index (χ0v) is 7.65. The van der Waals surface area contributed by atoms with E-state index in [2.05, 4.69) is 9.47 Å². The van der Waals surface area contributed by atoms with E-state index < -0.39 is 17.9 Å². The number of rotatable bonds is 5. The van der Waals surface area contributed by atoms with Gasteiger partial charge in [-0.05, 0) is 6.42 Å². The molecule has 0 bridgehead atoms. The van der Waals surface area contributed by atoms with E-state index in [0.717, 1.165) is 6.92 Å². The van der Waals surface area contributed by atoms with Crippen molar-refractivity contribution in [3.8, 4) is 0 Å². The lowest BCUT2D eigenvalue weighted by Gasteiger charge is -1.98. The molecule has 0 N–H and O–H groups in total. The van der Waals surface area contributed by atoms with Gasteiger partial charge in [-0.2, -0.15) is 0 Å². The summed E-state index contributed by atoms with van der Waals surface area (Å²) in [7, 11) is 0. The van der Waals surface area contributed by atoms with Crippen molar-refractivity contribution in [2.45, 2.75) is 26.2 Å². The van der Waals surface area contributed by atoms with Crippen molar-refractivity contribution < 1.29 is 28.7 Å². The quantitative estimate of drug-likeness (QED) is 0.353. The van der Waals surface area contributed by atoms with Gasteiger partial charge in [0, 0.05) is 19.8 Å². The monoisotopic (exact) mass is 202 g/mol. The van der Waals surface area contributed by atoms with Gasteiger partial charge in [0.15, 0.2) is 0 Å². The zero-order valence-electron chi connectivity index (χ0n) is 7.65. The Balaban J connectivity index is 3.53. The first-order valence-electron chi connectivity index (χ1n) is 3.90. The molecule has 6 nitrogen and oxygen atoms in total. The molecule has 78 valence electrons. The molecule has 14 heavy (non-hydrogen) atoms. The number of carbonyl (C=O) groups excluding carboxylic acids is 4. The van der Waals surface area contributed by atoms with E-state index in [1.165, 1.54) is 0 Å². The highest BCUT2D eigenvalue weighted by atomic mass is 16.6. The van der Waals surface area contributed by atoms with Crippen molar-refractivity contribution in [1.29, 1.82) is 0 Å². The van der Waals surface area contributed by atoms with Crippen LogP contribution in [0.15, 0.2) is 0 Å². The van der Waals surface area contributed by atoms with Crippen LogP contribution in [0.2, 0.25) is 0 Å². The minimum absolute atomic E-state index is 0.0240. The van der Waals surface area contributed by atoms with Crippen LogP contribution in [0.1, 0.15) is 26.2 Å². The summed E-state index contributed by atoms with van der Waals surface area (Å²) >= 11 is 0. The predicted octanol–water partition coefficient (Wildman–Crippen LogP) is -0.0540. The van der Waals surface area contributed by atoms with Gasteiger partial charge < -0.3 is 9.47 Å². The van der Waals surface area contributed by atoms with Crippen LogP contribution in [0.25, 0.3) is 0 Å². The van der Waals surface area contributed by atoms with Gasteiger partial charge in [0.2, 0.25) is 0 Å². The smallest absolute Gasteiger partial charge is 0.313 e. The third-order valence-corrected chi connectivity index (χ3v) is 1.20. The van der Waals surface area contributed by atoms with Gasteiger partial charge in [-0.25, -0.2) is 0 Å². The minimum Gasteiger partial charge on any atom is -0.395 e. The van der Waals surface area contributed by atoms with Crippen LogP contribution in [-0.2, 0) is 28.7 Å². The summed E-state index contributed by atoms with van der Waals surface area (Å²) in [6.45, 7) is 1.13. The third-order valence-electron chi connectivity index (χ3n) is 1.20. The maximum Gasteiger partial charge on any atom is 0.313 e. The molecule has 0 unspecified atom stereocenters. The Morgan fingerprint density at radius 1 is 1.14 bits per heavy atom. The van der Waals surface area contributed by atoms with Crippen LogP contribution in [0.5, 0.6) is 0 Å². The van der Waals surface area contributed by atoms with Gasteiger partial charge in [0.25, 0.3) is 0 Å².